The summed E-state index contributed by atoms with van der Waals surface area (Å²) in [5.41, 5.74) is 6.67. The Labute approximate surface area is 84.9 Å². The first-order valence-corrected chi connectivity index (χ1v) is 4.48. The van der Waals surface area contributed by atoms with E-state index in [0.29, 0.717) is 0 Å². The molecule has 0 atom stereocenters. The Bertz CT molecular complexity index is 286. The van der Waals surface area contributed by atoms with E-state index >= 15 is 0 Å². The molecule has 1 aromatic rings. The molecule has 0 saturated carbocycles. The lowest BCUT2D eigenvalue weighted by Crippen LogP contribution is -2.09. The van der Waals surface area contributed by atoms with Crippen molar-refractivity contribution in [2.24, 2.45) is 5.84 Å². The van der Waals surface area contributed by atoms with Crippen LogP contribution in [0.5, 0.6) is 0 Å². The van der Waals surface area contributed by atoms with E-state index in [1.165, 1.54) is 36.8 Å². The first-order chi connectivity index (χ1) is 5.90. The van der Waals surface area contributed by atoms with Gasteiger partial charge >= 0.3 is 0 Å². The standard InChI is InChI=1S/C10H14N2.ClH/c11-12-10-6-5-8-3-1-2-4-9(8)7-10;/h5-7,12H,1-4,11H2;1H. The molecule has 0 heterocycles. The summed E-state index contributed by atoms with van der Waals surface area (Å²) < 4.78 is 0. The van der Waals surface area contributed by atoms with Gasteiger partial charge in [-0.25, -0.2) is 0 Å². The summed E-state index contributed by atoms with van der Waals surface area (Å²) in [5.74, 6) is 5.33. The van der Waals surface area contributed by atoms with E-state index in [0.717, 1.165) is 5.69 Å². The van der Waals surface area contributed by atoms with E-state index in [2.05, 4.69) is 17.6 Å². The highest BCUT2D eigenvalue weighted by Crippen LogP contribution is 2.23. The number of nitrogens with one attached hydrogen (secondary N) is 1. The van der Waals surface area contributed by atoms with E-state index in [1.54, 1.807) is 0 Å². The normalized spacial score (nSPS) is 14.2. The molecule has 0 radical (unpaired) electrons. The van der Waals surface area contributed by atoms with E-state index in [4.69, 9.17) is 5.84 Å². The molecule has 1 aromatic carbocycles. The van der Waals surface area contributed by atoms with E-state index in [9.17, 15) is 0 Å². The predicted octanol–water partition coefficient (Wildman–Crippen LogP) is 2.27. The Kier molecular flexibility index (Phi) is 3.58. The van der Waals surface area contributed by atoms with Gasteiger partial charge < -0.3 is 5.43 Å². The van der Waals surface area contributed by atoms with Gasteiger partial charge in [-0.1, -0.05) is 6.07 Å². The minimum atomic E-state index is 0. The minimum absolute atomic E-state index is 0. The van der Waals surface area contributed by atoms with Crippen molar-refractivity contribution in [3.8, 4) is 0 Å². The highest BCUT2D eigenvalue weighted by Gasteiger charge is 2.08. The summed E-state index contributed by atoms with van der Waals surface area (Å²) >= 11 is 0. The fourth-order valence-electron chi connectivity index (χ4n) is 1.82. The molecule has 3 N–H and O–H groups in total. The van der Waals surface area contributed by atoms with Crippen LogP contribution in [-0.2, 0) is 12.8 Å². The fourth-order valence-corrected chi connectivity index (χ4v) is 1.82. The second kappa shape index (κ2) is 4.49. The molecular weight excluding hydrogens is 184 g/mol. The second-order valence-corrected chi connectivity index (χ2v) is 3.33. The van der Waals surface area contributed by atoms with E-state index < -0.39 is 0 Å². The first kappa shape index (κ1) is 10.4. The largest absolute Gasteiger partial charge is 0.324 e. The molecule has 0 fully saturated rings. The van der Waals surface area contributed by atoms with Gasteiger partial charge in [-0.3, -0.25) is 5.84 Å². The van der Waals surface area contributed by atoms with Crippen LogP contribution in [0.15, 0.2) is 18.2 Å². The molecule has 2 nitrogen and oxygen atoms in total. The zero-order valence-corrected chi connectivity index (χ0v) is 8.36. The van der Waals surface area contributed by atoms with Crippen LogP contribution in [0.3, 0.4) is 0 Å². The average molecular weight is 199 g/mol. The number of nitrogen functional groups attached to an aromatic ring is 1. The first-order valence-electron chi connectivity index (χ1n) is 4.48. The minimum Gasteiger partial charge on any atom is -0.324 e. The van der Waals surface area contributed by atoms with Crippen LogP contribution in [0.4, 0.5) is 5.69 Å². The highest BCUT2D eigenvalue weighted by molar-refractivity contribution is 5.85. The molecule has 1 aliphatic rings. The number of nitrogens with two attached hydrogens (primary N) is 1. The lowest BCUT2D eigenvalue weighted by atomic mass is 9.91. The number of hydrogen-bond acceptors (Lipinski definition) is 2. The molecule has 72 valence electrons. The van der Waals surface area contributed by atoms with Crippen LogP contribution >= 0.6 is 12.4 Å². The van der Waals surface area contributed by atoms with Gasteiger partial charge in [-0.05, 0) is 48.9 Å². The van der Waals surface area contributed by atoms with Gasteiger partial charge in [0.05, 0.1) is 0 Å². The molecule has 0 aromatic heterocycles. The SMILES string of the molecule is Cl.NNc1ccc2c(c1)CCCC2. The van der Waals surface area contributed by atoms with Crippen molar-refractivity contribution in [1.82, 2.24) is 0 Å². The van der Waals surface area contributed by atoms with Crippen molar-refractivity contribution in [2.75, 3.05) is 5.43 Å². The van der Waals surface area contributed by atoms with E-state index in [1.807, 2.05) is 6.07 Å². The topological polar surface area (TPSA) is 38.0 Å². The molecular formula is C10H15ClN2. The number of benzene rings is 1. The number of hydrazine groups is 1. The molecule has 0 aliphatic heterocycles. The van der Waals surface area contributed by atoms with Gasteiger partial charge in [0.2, 0.25) is 0 Å². The third-order valence-corrected chi connectivity index (χ3v) is 2.52. The van der Waals surface area contributed by atoms with E-state index in [-0.39, 0.29) is 12.4 Å². The van der Waals surface area contributed by atoms with Gasteiger partial charge in [-0.2, -0.15) is 0 Å². The monoisotopic (exact) mass is 198 g/mol. The Morgan fingerprint density at radius 3 is 2.46 bits per heavy atom. The number of anilines is 1. The van der Waals surface area contributed by atoms with Crippen molar-refractivity contribution >= 4 is 18.1 Å². The number of halogens is 1. The number of fused-ring (bicyclic) bond motifs is 1. The molecule has 3 heteroatoms. The summed E-state index contributed by atoms with van der Waals surface area (Å²) in [4.78, 5) is 0. The van der Waals surface area contributed by atoms with Crippen LogP contribution in [0.25, 0.3) is 0 Å². The van der Waals surface area contributed by atoms with Crippen LogP contribution in [0.2, 0.25) is 0 Å². The molecule has 0 unspecified atom stereocenters. The average Bonchev–Trinajstić information content (AvgIpc) is 2.17. The molecule has 0 saturated heterocycles. The quantitative estimate of drug-likeness (QED) is 0.537. The Hall–Kier alpha value is -0.730. The van der Waals surface area contributed by atoms with Crippen LogP contribution < -0.4 is 11.3 Å². The van der Waals surface area contributed by atoms with Crippen LogP contribution in [0, 0.1) is 0 Å². The second-order valence-electron chi connectivity index (χ2n) is 3.33. The summed E-state index contributed by atoms with van der Waals surface area (Å²) in [6.07, 6.45) is 5.11. The van der Waals surface area contributed by atoms with Crippen molar-refractivity contribution in [2.45, 2.75) is 25.7 Å². The van der Waals surface area contributed by atoms with Crippen LogP contribution in [-0.4, -0.2) is 0 Å². The van der Waals surface area contributed by atoms with Gasteiger partial charge in [0.15, 0.2) is 0 Å². The zero-order valence-electron chi connectivity index (χ0n) is 7.55. The third kappa shape index (κ3) is 2.14. The Morgan fingerprint density at radius 2 is 1.77 bits per heavy atom. The maximum atomic E-state index is 5.33. The predicted molar refractivity (Wildman–Crippen MR) is 58.1 cm³/mol. The van der Waals surface area contributed by atoms with Crippen molar-refractivity contribution in [1.29, 1.82) is 0 Å². The summed E-state index contributed by atoms with van der Waals surface area (Å²) in [6, 6.07) is 6.39. The Morgan fingerprint density at radius 1 is 1.08 bits per heavy atom. The van der Waals surface area contributed by atoms with Crippen molar-refractivity contribution in [3.63, 3.8) is 0 Å². The summed E-state index contributed by atoms with van der Waals surface area (Å²) in [7, 11) is 0. The highest BCUT2D eigenvalue weighted by atomic mass is 35.5. The van der Waals surface area contributed by atoms with Gasteiger partial charge in [0, 0.05) is 5.69 Å². The zero-order chi connectivity index (χ0) is 8.39. The fraction of sp³-hybridized carbons (Fsp3) is 0.400. The molecule has 13 heavy (non-hydrogen) atoms. The third-order valence-electron chi connectivity index (χ3n) is 2.52. The van der Waals surface area contributed by atoms with Crippen molar-refractivity contribution < 1.29 is 0 Å². The van der Waals surface area contributed by atoms with Gasteiger partial charge in [0.1, 0.15) is 0 Å². The molecule has 0 bridgehead atoms. The van der Waals surface area contributed by atoms with Crippen molar-refractivity contribution in [3.05, 3.63) is 29.3 Å². The lowest BCUT2D eigenvalue weighted by Gasteiger charge is -2.16. The maximum Gasteiger partial charge on any atom is 0.0488 e. The summed E-state index contributed by atoms with van der Waals surface area (Å²) in [5, 5.41) is 0. The van der Waals surface area contributed by atoms with Gasteiger partial charge in [0.25, 0.3) is 0 Å². The van der Waals surface area contributed by atoms with Crippen LogP contribution in [0.1, 0.15) is 24.0 Å². The van der Waals surface area contributed by atoms with Gasteiger partial charge in [-0.15, -0.1) is 12.4 Å². The molecule has 0 amide bonds. The molecule has 1 aliphatic carbocycles. The summed E-state index contributed by atoms with van der Waals surface area (Å²) in [6.45, 7) is 0. The lowest BCUT2D eigenvalue weighted by molar-refractivity contribution is 0.686. The molecule has 0 spiro atoms. The number of aryl methyl sites for hydroxylation is 2. The smallest absolute Gasteiger partial charge is 0.0488 e. The Balaban J connectivity index is 0.000000845. The maximum absolute atomic E-state index is 5.33. The molecule has 2 rings (SSSR count). The number of rotatable bonds is 1. The number of hydrogen-bond donors (Lipinski definition) is 2.